The Kier molecular flexibility index (Phi) is 6.64. The van der Waals surface area contributed by atoms with Crippen molar-refractivity contribution < 1.29 is 12.8 Å². The number of aromatic nitrogens is 4. The van der Waals surface area contributed by atoms with Gasteiger partial charge in [0.1, 0.15) is 24.5 Å². The molecular formula is C21H26ClFN6O2S. The van der Waals surface area contributed by atoms with E-state index in [1.54, 1.807) is 0 Å². The molecule has 5 rings (SSSR count). The first-order valence-electron chi connectivity index (χ1n) is 10.5. The van der Waals surface area contributed by atoms with Gasteiger partial charge in [-0.1, -0.05) is 11.6 Å². The van der Waals surface area contributed by atoms with Gasteiger partial charge in [-0.15, -0.1) is 3.89 Å². The van der Waals surface area contributed by atoms with Crippen molar-refractivity contribution in [3.63, 3.8) is 0 Å². The summed E-state index contributed by atoms with van der Waals surface area (Å²) in [6.45, 7) is 8.14. The predicted octanol–water partition coefficient (Wildman–Crippen LogP) is 3.55. The van der Waals surface area contributed by atoms with E-state index >= 15 is 0 Å². The molecule has 2 atom stereocenters. The summed E-state index contributed by atoms with van der Waals surface area (Å²) in [5.41, 5.74) is 10.7. The molecule has 32 heavy (non-hydrogen) atoms. The zero-order valence-electron chi connectivity index (χ0n) is 18.2. The Morgan fingerprint density at radius 3 is 2.78 bits per heavy atom. The summed E-state index contributed by atoms with van der Waals surface area (Å²) in [6, 6.07) is 1.85. The van der Waals surface area contributed by atoms with Gasteiger partial charge in [0.25, 0.3) is 0 Å². The van der Waals surface area contributed by atoms with E-state index < -0.39 is 11.2 Å². The molecule has 8 nitrogen and oxygen atoms in total. The number of rotatable bonds is 3. The molecule has 2 unspecified atom stereocenters. The van der Waals surface area contributed by atoms with Gasteiger partial charge >= 0.3 is 0 Å². The second kappa shape index (κ2) is 9.29. The van der Waals surface area contributed by atoms with Crippen LogP contribution in [0.4, 0.5) is 9.70 Å². The van der Waals surface area contributed by atoms with Crippen molar-refractivity contribution in [1.82, 2.24) is 25.1 Å². The van der Waals surface area contributed by atoms with E-state index in [1.165, 1.54) is 6.33 Å². The lowest BCUT2D eigenvalue weighted by molar-refractivity contribution is 0.319. The minimum atomic E-state index is -2.01. The number of nitrogen functional groups attached to an aromatic ring is 1. The van der Waals surface area contributed by atoms with Gasteiger partial charge < -0.3 is 15.8 Å². The van der Waals surface area contributed by atoms with Gasteiger partial charge in [-0.3, -0.25) is 0 Å². The van der Waals surface area contributed by atoms with Crippen LogP contribution in [-0.2, 0) is 17.7 Å². The molecule has 1 aliphatic carbocycles. The van der Waals surface area contributed by atoms with Gasteiger partial charge in [-0.2, -0.15) is 5.10 Å². The number of benzene rings is 1. The molecule has 0 spiro atoms. The van der Waals surface area contributed by atoms with Crippen LogP contribution in [0.5, 0.6) is 5.75 Å². The molecule has 2 aromatic heterocycles. The Labute approximate surface area is 193 Å². The van der Waals surface area contributed by atoms with Crippen molar-refractivity contribution in [3.8, 4) is 5.75 Å². The lowest BCUT2D eigenvalue weighted by atomic mass is 9.98. The minimum absolute atomic E-state index is 0.0926. The van der Waals surface area contributed by atoms with E-state index in [0.717, 1.165) is 64.5 Å². The van der Waals surface area contributed by atoms with Crippen molar-refractivity contribution in [1.29, 1.82) is 0 Å². The topological polar surface area (TPSA) is 108 Å². The zero-order valence-corrected chi connectivity index (χ0v) is 19.8. The largest absolute Gasteiger partial charge is 0.492 e. The van der Waals surface area contributed by atoms with Crippen molar-refractivity contribution in [3.05, 3.63) is 39.8 Å². The number of hydrogen-bond donors (Lipinski definition) is 2. The summed E-state index contributed by atoms with van der Waals surface area (Å²) in [7, 11) is 0. The molecule has 1 aliphatic heterocycles. The first kappa shape index (κ1) is 22.9. The van der Waals surface area contributed by atoms with E-state index in [0.29, 0.717) is 18.1 Å². The molecule has 3 N–H and O–H groups in total. The molecule has 2 aliphatic rings. The highest BCUT2D eigenvalue weighted by atomic mass is 35.5. The second-order valence-electron chi connectivity index (χ2n) is 8.02. The number of fused-ring (bicyclic) bond motifs is 2. The van der Waals surface area contributed by atoms with Crippen molar-refractivity contribution in [2.75, 3.05) is 18.9 Å². The van der Waals surface area contributed by atoms with Crippen LogP contribution in [-0.4, -0.2) is 42.4 Å². The molecular weight excluding hydrogens is 455 g/mol. The normalized spacial score (nSPS) is 17.5. The second-order valence-corrected chi connectivity index (χ2v) is 9.59. The van der Waals surface area contributed by atoms with Crippen molar-refractivity contribution in [2.24, 2.45) is 0 Å². The maximum Gasteiger partial charge on any atom is 0.201 e. The van der Waals surface area contributed by atoms with Crippen LogP contribution >= 0.6 is 11.6 Å². The molecule has 0 bridgehead atoms. The van der Waals surface area contributed by atoms with Gasteiger partial charge in [0, 0.05) is 29.2 Å². The monoisotopic (exact) mass is 480 g/mol. The number of halogens is 2. The molecule has 1 aromatic carbocycles. The lowest BCUT2D eigenvalue weighted by Gasteiger charge is -2.21. The summed E-state index contributed by atoms with van der Waals surface area (Å²) in [5.74, 6) is 1.32. The summed E-state index contributed by atoms with van der Waals surface area (Å²) in [4.78, 5) is 8.48. The number of aryl methyl sites for hydroxylation is 1. The standard InChI is InChI=1S/C18H21ClN6O.C3H5FOS/c1-9-13-7-21-4-5-26-16(13)12(6-14(9)19)11(3)25-18-15(10(2)24-25)17(20)22-8-23-18;4-6(5)3-1-2-3/h6,8,11,21H,4-5,7H2,1-3H3,(H2,20,22,23);3H,1-2H2. The highest BCUT2D eigenvalue weighted by Crippen LogP contribution is 2.39. The first-order valence-corrected chi connectivity index (χ1v) is 12.0. The van der Waals surface area contributed by atoms with Crippen LogP contribution in [0.1, 0.15) is 48.2 Å². The van der Waals surface area contributed by atoms with Gasteiger partial charge in [0.2, 0.25) is 11.2 Å². The molecule has 1 fully saturated rings. The molecule has 0 radical (unpaired) electrons. The number of nitrogens with two attached hydrogens (primary N) is 1. The Bertz CT molecular complexity index is 1180. The van der Waals surface area contributed by atoms with Crippen LogP contribution < -0.4 is 15.8 Å². The Balaban J connectivity index is 0.000000354. The van der Waals surface area contributed by atoms with Crippen LogP contribution in [0.25, 0.3) is 11.0 Å². The van der Waals surface area contributed by atoms with Gasteiger partial charge in [0.05, 0.1) is 22.4 Å². The van der Waals surface area contributed by atoms with E-state index in [9.17, 15) is 8.09 Å². The molecule has 11 heteroatoms. The number of nitrogens with one attached hydrogen (secondary N) is 1. The number of anilines is 1. The summed E-state index contributed by atoms with van der Waals surface area (Å²) in [6.07, 6.45) is 3.11. The predicted molar refractivity (Wildman–Crippen MR) is 124 cm³/mol. The fraction of sp³-hybridized carbons (Fsp3) is 0.476. The van der Waals surface area contributed by atoms with Crippen molar-refractivity contribution in [2.45, 2.75) is 51.4 Å². The fourth-order valence-electron chi connectivity index (χ4n) is 3.76. The summed E-state index contributed by atoms with van der Waals surface area (Å²) in [5, 5.41) is 9.46. The Morgan fingerprint density at radius 1 is 1.38 bits per heavy atom. The van der Waals surface area contributed by atoms with Crippen LogP contribution in [0, 0.1) is 13.8 Å². The van der Waals surface area contributed by atoms with E-state index in [2.05, 4.69) is 27.3 Å². The zero-order chi connectivity index (χ0) is 23.0. The minimum Gasteiger partial charge on any atom is -0.492 e. The highest BCUT2D eigenvalue weighted by Gasteiger charge is 2.28. The third-order valence-electron chi connectivity index (χ3n) is 5.75. The SMILES string of the molecule is Cc1c(Cl)cc(C(C)n2nc(C)c3c(N)ncnc32)c2c1CNCCO2.O=S(F)C1CC1. The molecule has 172 valence electrons. The molecule has 1 saturated carbocycles. The molecule has 3 heterocycles. The average Bonchev–Trinajstić information content (AvgIpc) is 3.58. The van der Waals surface area contributed by atoms with Gasteiger partial charge in [0.15, 0.2) is 5.65 Å². The van der Waals surface area contributed by atoms with Crippen LogP contribution in [0.15, 0.2) is 12.4 Å². The lowest BCUT2D eigenvalue weighted by Crippen LogP contribution is -2.16. The number of ether oxygens (including phenoxy) is 1. The quantitative estimate of drug-likeness (QED) is 0.552. The summed E-state index contributed by atoms with van der Waals surface area (Å²) < 4.78 is 29.0. The van der Waals surface area contributed by atoms with E-state index in [-0.39, 0.29) is 11.3 Å². The van der Waals surface area contributed by atoms with Crippen molar-refractivity contribution >= 4 is 39.6 Å². The average molecular weight is 481 g/mol. The van der Waals surface area contributed by atoms with Gasteiger partial charge in [-0.05, 0) is 45.2 Å². The maximum atomic E-state index is 11.4. The molecule has 0 saturated heterocycles. The third-order valence-corrected chi connectivity index (χ3v) is 7.14. The highest BCUT2D eigenvalue weighted by molar-refractivity contribution is 7.80. The van der Waals surface area contributed by atoms with Gasteiger partial charge in [-0.25, -0.2) is 18.9 Å². The van der Waals surface area contributed by atoms with E-state index in [4.69, 9.17) is 22.1 Å². The Morgan fingerprint density at radius 2 is 2.12 bits per heavy atom. The van der Waals surface area contributed by atoms with Crippen LogP contribution in [0.2, 0.25) is 5.02 Å². The maximum absolute atomic E-state index is 11.4. The number of nitrogens with zero attached hydrogens (tertiary/aromatic N) is 4. The fourth-order valence-corrected chi connectivity index (χ4v) is 4.49. The Hall–Kier alpha value is -2.30. The first-order chi connectivity index (χ1) is 15.3. The molecule has 0 amide bonds. The molecule has 3 aromatic rings. The van der Waals surface area contributed by atoms with E-state index in [1.807, 2.05) is 24.6 Å². The number of hydrogen-bond acceptors (Lipinski definition) is 7. The smallest absolute Gasteiger partial charge is 0.201 e. The van der Waals surface area contributed by atoms with Crippen LogP contribution in [0.3, 0.4) is 0 Å². The summed E-state index contributed by atoms with van der Waals surface area (Å²) >= 11 is 4.52. The third kappa shape index (κ3) is 4.44.